The Balaban J connectivity index is 1.30. The molecule has 2 aromatic heterocycles. The summed E-state index contributed by atoms with van der Waals surface area (Å²) in [6, 6.07) is 4.24. The molecule has 1 atom stereocenters. The molecule has 2 aliphatic rings. The molecule has 0 aliphatic carbocycles. The van der Waals surface area contributed by atoms with Crippen LogP contribution in [-0.2, 0) is 4.74 Å². The summed E-state index contributed by atoms with van der Waals surface area (Å²) < 4.78 is 26.8. The van der Waals surface area contributed by atoms with Crippen LogP contribution in [-0.4, -0.2) is 39.1 Å². The maximum Gasteiger partial charge on any atom is 0.276 e. The lowest BCUT2D eigenvalue weighted by molar-refractivity contribution is 0.0662. The van der Waals surface area contributed by atoms with Gasteiger partial charge < -0.3 is 20.1 Å². The lowest BCUT2D eigenvalue weighted by Crippen LogP contribution is -2.20. The number of carbonyl (C=O) groups is 1. The Kier molecular flexibility index (Phi) is 5.58. The van der Waals surface area contributed by atoms with Crippen molar-refractivity contribution in [2.24, 2.45) is 0 Å². The highest BCUT2D eigenvalue weighted by molar-refractivity contribution is 6.36. The number of benzene rings is 1. The number of ether oxygens (including phenoxy) is 2. The maximum atomic E-state index is 13.9. The zero-order chi connectivity index (χ0) is 22.2. The monoisotopic (exact) mass is 478 g/mol. The Morgan fingerprint density at radius 1 is 1.25 bits per heavy atom. The number of aromatic nitrogens is 4. The van der Waals surface area contributed by atoms with E-state index in [0.29, 0.717) is 18.9 Å². The van der Waals surface area contributed by atoms with Crippen molar-refractivity contribution in [3.8, 4) is 5.75 Å². The molecule has 12 heteroatoms. The van der Waals surface area contributed by atoms with Crippen molar-refractivity contribution < 1.29 is 18.7 Å². The second-order valence-electron chi connectivity index (χ2n) is 7.35. The van der Waals surface area contributed by atoms with Crippen molar-refractivity contribution in [3.63, 3.8) is 0 Å². The van der Waals surface area contributed by atoms with Crippen molar-refractivity contribution in [3.05, 3.63) is 57.7 Å². The molecule has 0 spiro atoms. The molecule has 166 valence electrons. The van der Waals surface area contributed by atoms with Crippen LogP contribution in [0.15, 0.2) is 30.6 Å². The summed E-state index contributed by atoms with van der Waals surface area (Å²) in [4.78, 5) is 12.7. The SMILES string of the molecule is O=C(Nc1cnn(C2CCOCC2)c1)c1cc2c(nn1)NC(c1c(Cl)ccc(F)c1Cl)O2. The van der Waals surface area contributed by atoms with E-state index in [0.717, 1.165) is 12.8 Å². The molecule has 1 unspecified atom stereocenters. The Morgan fingerprint density at radius 3 is 2.88 bits per heavy atom. The molecule has 1 fully saturated rings. The standard InChI is InChI=1S/C20H17Cl2FN6O3/c21-12-1-2-13(23)17(22)16(12)20-26-18-15(32-20)7-14(27-28-18)19(30)25-10-8-24-29(9-10)11-3-5-31-6-4-11/h1-2,7-9,11,20H,3-6H2,(H,25,30)(H,26,28). The maximum absolute atomic E-state index is 13.9. The first-order valence-electron chi connectivity index (χ1n) is 9.87. The van der Waals surface area contributed by atoms with Gasteiger partial charge >= 0.3 is 0 Å². The topological polar surface area (TPSA) is 103 Å². The van der Waals surface area contributed by atoms with Gasteiger partial charge in [0.05, 0.1) is 33.5 Å². The van der Waals surface area contributed by atoms with E-state index in [2.05, 4.69) is 25.9 Å². The summed E-state index contributed by atoms with van der Waals surface area (Å²) in [5.41, 5.74) is 0.818. The molecular formula is C20H17Cl2FN6O3. The fraction of sp³-hybridized carbons (Fsp3) is 0.300. The van der Waals surface area contributed by atoms with Crippen LogP contribution in [0.25, 0.3) is 0 Å². The molecule has 1 aromatic carbocycles. The van der Waals surface area contributed by atoms with Crippen molar-refractivity contribution in [2.45, 2.75) is 25.1 Å². The second-order valence-corrected chi connectivity index (χ2v) is 8.13. The van der Waals surface area contributed by atoms with Crippen molar-refractivity contribution >= 4 is 40.6 Å². The van der Waals surface area contributed by atoms with E-state index in [-0.39, 0.29) is 38.9 Å². The fourth-order valence-electron chi connectivity index (χ4n) is 3.62. The first-order valence-corrected chi connectivity index (χ1v) is 10.6. The van der Waals surface area contributed by atoms with Crippen molar-refractivity contribution in [2.75, 3.05) is 23.8 Å². The van der Waals surface area contributed by atoms with Gasteiger partial charge in [0.15, 0.2) is 17.3 Å². The van der Waals surface area contributed by atoms with Gasteiger partial charge in [-0.2, -0.15) is 5.10 Å². The summed E-state index contributed by atoms with van der Waals surface area (Å²) in [7, 11) is 0. The summed E-state index contributed by atoms with van der Waals surface area (Å²) in [6.45, 7) is 1.38. The van der Waals surface area contributed by atoms with Gasteiger partial charge in [0.1, 0.15) is 5.82 Å². The average molecular weight is 479 g/mol. The van der Waals surface area contributed by atoms with Crippen LogP contribution in [0.2, 0.25) is 10.0 Å². The predicted octanol–water partition coefficient (Wildman–Crippen LogP) is 4.23. The van der Waals surface area contributed by atoms with Crippen LogP contribution in [0.4, 0.5) is 15.9 Å². The lowest BCUT2D eigenvalue weighted by atomic mass is 10.1. The Hall–Kier alpha value is -2.95. The molecule has 2 aliphatic heterocycles. The molecular weight excluding hydrogens is 462 g/mol. The van der Waals surface area contributed by atoms with E-state index in [1.165, 1.54) is 18.2 Å². The summed E-state index contributed by atoms with van der Waals surface area (Å²) in [6.07, 6.45) is 4.23. The van der Waals surface area contributed by atoms with Gasteiger partial charge in [-0.15, -0.1) is 10.2 Å². The van der Waals surface area contributed by atoms with Gasteiger partial charge in [0.25, 0.3) is 5.91 Å². The number of nitrogens with zero attached hydrogens (tertiary/aromatic N) is 4. The summed E-state index contributed by atoms with van der Waals surface area (Å²) in [5.74, 6) is -0.541. The van der Waals surface area contributed by atoms with Crippen LogP contribution in [0.3, 0.4) is 0 Å². The molecule has 0 radical (unpaired) electrons. The minimum absolute atomic E-state index is 0.0430. The Morgan fingerprint density at radius 2 is 2.06 bits per heavy atom. The Bertz CT molecular complexity index is 1180. The third-order valence-corrected chi connectivity index (χ3v) is 5.98. The van der Waals surface area contributed by atoms with E-state index in [1.807, 2.05) is 4.68 Å². The molecule has 9 nitrogen and oxygen atoms in total. The first kappa shape index (κ1) is 20.9. The number of halogens is 3. The quantitative estimate of drug-likeness (QED) is 0.540. The summed E-state index contributed by atoms with van der Waals surface area (Å²) >= 11 is 12.2. The van der Waals surface area contributed by atoms with Gasteiger partial charge in [-0.05, 0) is 25.0 Å². The second kappa shape index (κ2) is 8.53. The van der Waals surface area contributed by atoms with Crippen LogP contribution >= 0.6 is 23.2 Å². The van der Waals surface area contributed by atoms with Crippen LogP contribution in [0, 0.1) is 5.82 Å². The van der Waals surface area contributed by atoms with Crippen LogP contribution in [0.1, 0.15) is 41.2 Å². The molecule has 4 heterocycles. The minimum atomic E-state index is -0.869. The average Bonchev–Trinajstić information content (AvgIpc) is 3.43. The molecule has 1 saturated heterocycles. The van der Waals surface area contributed by atoms with Crippen molar-refractivity contribution in [1.29, 1.82) is 0 Å². The van der Waals surface area contributed by atoms with E-state index >= 15 is 0 Å². The smallest absolute Gasteiger partial charge is 0.276 e. The molecule has 32 heavy (non-hydrogen) atoms. The lowest BCUT2D eigenvalue weighted by Gasteiger charge is -2.22. The number of fused-ring (bicyclic) bond motifs is 1. The van der Waals surface area contributed by atoms with Gasteiger partial charge in [-0.1, -0.05) is 23.2 Å². The molecule has 0 saturated carbocycles. The van der Waals surface area contributed by atoms with Gasteiger partial charge in [-0.3, -0.25) is 9.48 Å². The number of amides is 1. The fourth-order valence-corrected chi connectivity index (χ4v) is 4.19. The number of hydrogen-bond donors (Lipinski definition) is 2. The highest BCUT2D eigenvalue weighted by Gasteiger charge is 2.31. The van der Waals surface area contributed by atoms with Gasteiger partial charge in [0.2, 0.25) is 6.23 Å². The molecule has 5 rings (SSSR count). The van der Waals surface area contributed by atoms with Crippen LogP contribution in [0.5, 0.6) is 5.75 Å². The van der Waals surface area contributed by atoms with E-state index in [4.69, 9.17) is 32.7 Å². The largest absolute Gasteiger partial charge is 0.462 e. The normalized spacial score (nSPS) is 18.0. The highest BCUT2D eigenvalue weighted by atomic mass is 35.5. The zero-order valence-electron chi connectivity index (χ0n) is 16.5. The third-order valence-electron chi connectivity index (χ3n) is 5.27. The van der Waals surface area contributed by atoms with Crippen molar-refractivity contribution in [1.82, 2.24) is 20.0 Å². The summed E-state index contributed by atoms with van der Waals surface area (Å²) in [5, 5.41) is 18.0. The number of hydrogen-bond acceptors (Lipinski definition) is 7. The first-order chi connectivity index (χ1) is 15.5. The number of rotatable bonds is 4. The Labute approximate surface area is 191 Å². The molecule has 3 aromatic rings. The number of anilines is 2. The molecule has 0 bridgehead atoms. The zero-order valence-corrected chi connectivity index (χ0v) is 18.0. The highest BCUT2D eigenvalue weighted by Crippen LogP contribution is 2.41. The molecule has 1 amide bonds. The van der Waals surface area contributed by atoms with E-state index in [1.54, 1.807) is 12.4 Å². The van der Waals surface area contributed by atoms with Crippen LogP contribution < -0.4 is 15.4 Å². The third kappa shape index (κ3) is 3.96. The number of nitrogens with one attached hydrogen (secondary N) is 2. The van der Waals surface area contributed by atoms with Gasteiger partial charge in [-0.25, -0.2) is 4.39 Å². The van der Waals surface area contributed by atoms with Gasteiger partial charge in [0, 0.05) is 25.5 Å². The number of carbonyl (C=O) groups excluding carboxylic acids is 1. The van der Waals surface area contributed by atoms with E-state index in [9.17, 15) is 9.18 Å². The predicted molar refractivity (Wildman–Crippen MR) is 115 cm³/mol. The molecule has 2 N–H and O–H groups in total. The minimum Gasteiger partial charge on any atom is -0.462 e. The van der Waals surface area contributed by atoms with E-state index < -0.39 is 18.0 Å².